The topological polar surface area (TPSA) is 56.9 Å². The summed E-state index contributed by atoms with van der Waals surface area (Å²) in [4.78, 5) is 31.6. The number of thioether (sulfide) groups is 1. The zero-order valence-corrected chi connectivity index (χ0v) is 21.6. The van der Waals surface area contributed by atoms with E-state index in [1.54, 1.807) is 10.6 Å². The lowest BCUT2D eigenvalue weighted by molar-refractivity contribution is 0.102. The van der Waals surface area contributed by atoms with Gasteiger partial charge < -0.3 is 4.57 Å². The third-order valence-electron chi connectivity index (χ3n) is 6.39. The van der Waals surface area contributed by atoms with E-state index < -0.39 is 0 Å². The molecule has 6 heteroatoms. The maximum atomic E-state index is 13.5. The fourth-order valence-corrected chi connectivity index (χ4v) is 5.37. The first-order valence-electron chi connectivity index (χ1n) is 11.8. The zero-order chi connectivity index (χ0) is 25.4. The highest BCUT2D eigenvalue weighted by molar-refractivity contribution is 7.99. The maximum absolute atomic E-state index is 13.5. The van der Waals surface area contributed by atoms with Crippen LogP contribution in [-0.4, -0.2) is 25.7 Å². The molecule has 0 aliphatic heterocycles. The molecule has 5 aromatic rings. The number of rotatable bonds is 6. The van der Waals surface area contributed by atoms with Gasteiger partial charge in [0.05, 0.1) is 22.3 Å². The van der Waals surface area contributed by atoms with Crippen molar-refractivity contribution in [1.82, 2.24) is 14.1 Å². The Morgan fingerprint density at radius 2 is 1.39 bits per heavy atom. The van der Waals surface area contributed by atoms with Gasteiger partial charge in [-0.2, -0.15) is 0 Å². The highest BCUT2D eigenvalue weighted by atomic mass is 32.2. The second kappa shape index (κ2) is 9.63. The predicted molar refractivity (Wildman–Crippen MR) is 147 cm³/mol. The number of carbonyl (C=O) groups is 1. The molecule has 180 valence electrons. The van der Waals surface area contributed by atoms with E-state index in [0.717, 1.165) is 28.3 Å². The van der Waals surface area contributed by atoms with Gasteiger partial charge in [-0.05, 0) is 70.2 Å². The first kappa shape index (κ1) is 23.8. The summed E-state index contributed by atoms with van der Waals surface area (Å²) in [6.45, 7) is 8.05. The van der Waals surface area contributed by atoms with Crippen LogP contribution in [0.15, 0.2) is 88.8 Å². The number of hydrogen-bond acceptors (Lipinski definition) is 4. The molecule has 0 fully saturated rings. The first-order valence-corrected chi connectivity index (χ1v) is 12.8. The van der Waals surface area contributed by atoms with Crippen LogP contribution in [0.25, 0.3) is 22.3 Å². The molecular weight excluding hydrogens is 466 g/mol. The fraction of sp³-hybridized carbons (Fsp3) is 0.167. The van der Waals surface area contributed by atoms with Crippen LogP contribution in [0, 0.1) is 27.7 Å². The average Bonchev–Trinajstić information content (AvgIpc) is 3.18. The predicted octanol–water partition coefficient (Wildman–Crippen LogP) is 6.39. The summed E-state index contributed by atoms with van der Waals surface area (Å²) in [5, 5.41) is 1.05. The van der Waals surface area contributed by atoms with E-state index in [1.807, 2.05) is 69.3 Å². The molecule has 0 saturated heterocycles. The molecule has 0 atom stereocenters. The van der Waals surface area contributed by atoms with E-state index in [-0.39, 0.29) is 17.1 Å². The van der Waals surface area contributed by atoms with Crippen molar-refractivity contribution in [2.24, 2.45) is 0 Å². The van der Waals surface area contributed by atoms with Crippen LogP contribution in [0.3, 0.4) is 0 Å². The second-order valence-electron chi connectivity index (χ2n) is 9.06. The van der Waals surface area contributed by atoms with Crippen LogP contribution in [0.1, 0.15) is 32.9 Å². The van der Waals surface area contributed by atoms with Gasteiger partial charge >= 0.3 is 0 Å². The van der Waals surface area contributed by atoms with Gasteiger partial charge in [0.15, 0.2) is 10.9 Å². The van der Waals surface area contributed by atoms with Crippen LogP contribution < -0.4 is 5.56 Å². The van der Waals surface area contributed by atoms with Crippen molar-refractivity contribution >= 4 is 28.4 Å². The molecule has 2 heterocycles. The average molecular weight is 494 g/mol. The number of para-hydroxylation sites is 1. The molecule has 0 saturated carbocycles. The molecule has 0 bridgehead atoms. The Balaban J connectivity index is 1.50. The van der Waals surface area contributed by atoms with Gasteiger partial charge in [-0.3, -0.25) is 14.2 Å². The van der Waals surface area contributed by atoms with Gasteiger partial charge in [-0.25, -0.2) is 4.98 Å². The van der Waals surface area contributed by atoms with Gasteiger partial charge in [0, 0.05) is 22.6 Å². The second-order valence-corrected chi connectivity index (χ2v) is 10.00. The zero-order valence-electron chi connectivity index (χ0n) is 20.8. The molecule has 0 aliphatic carbocycles. The van der Waals surface area contributed by atoms with Crippen molar-refractivity contribution in [2.45, 2.75) is 32.9 Å². The highest BCUT2D eigenvalue weighted by Gasteiger charge is 2.19. The number of Topliss-reactive ketones (excluding diaryl/α,β-unsaturated/α-hetero) is 1. The normalized spacial score (nSPS) is 11.2. The Labute approximate surface area is 214 Å². The quantitative estimate of drug-likeness (QED) is 0.156. The Morgan fingerprint density at radius 1 is 0.806 bits per heavy atom. The molecule has 0 unspecified atom stereocenters. The first-order chi connectivity index (χ1) is 17.3. The number of aromatic nitrogens is 3. The maximum Gasteiger partial charge on any atom is 0.266 e. The van der Waals surface area contributed by atoms with Gasteiger partial charge in [0.25, 0.3) is 5.56 Å². The monoisotopic (exact) mass is 493 g/mol. The molecule has 0 N–H and O–H groups in total. The molecule has 3 aromatic carbocycles. The number of carbonyl (C=O) groups excluding carboxylic acids is 1. The lowest BCUT2D eigenvalue weighted by Gasteiger charge is -2.13. The molecule has 0 amide bonds. The number of ketones is 1. The summed E-state index contributed by atoms with van der Waals surface area (Å²) in [7, 11) is 0. The minimum absolute atomic E-state index is 0.00400. The lowest BCUT2D eigenvalue weighted by atomic mass is 10.2. The van der Waals surface area contributed by atoms with E-state index in [1.165, 1.54) is 17.3 Å². The summed E-state index contributed by atoms with van der Waals surface area (Å²) in [6, 6.07) is 25.3. The van der Waals surface area contributed by atoms with Crippen molar-refractivity contribution in [1.29, 1.82) is 0 Å². The van der Waals surface area contributed by atoms with Crippen molar-refractivity contribution in [3.63, 3.8) is 0 Å². The molecule has 0 aliphatic rings. The van der Waals surface area contributed by atoms with E-state index in [2.05, 4.69) is 35.8 Å². The lowest BCUT2D eigenvalue weighted by Crippen LogP contribution is -2.22. The van der Waals surface area contributed by atoms with Gasteiger partial charge in [0.1, 0.15) is 0 Å². The van der Waals surface area contributed by atoms with Crippen LogP contribution >= 0.6 is 11.8 Å². The molecule has 0 radical (unpaired) electrons. The van der Waals surface area contributed by atoms with E-state index in [0.29, 0.717) is 21.6 Å². The molecule has 5 rings (SSSR count). The number of fused-ring (bicyclic) bond motifs is 1. The van der Waals surface area contributed by atoms with Gasteiger partial charge in [-0.15, -0.1) is 0 Å². The SMILES string of the molecule is Cc1ccc(-n2c(C)cc(C(=O)CSc3nc4ccccc4c(=O)n3-c3ccc(C)cc3)c2C)cc1. The largest absolute Gasteiger partial charge is 0.318 e. The molecule has 36 heavy (non-hydrogen) atoms. The van der Waals surface area contributed by atoms with Crippen LogP contribution in [0.5, 0.6) is 0 Å². The summed E-state index contributed by atoms with van der Waals surface area (Å²) in [5.74, 6) is 0.179. The van der Waals surface area contributed by atoms with E-state index in [9.17, 15) is 9.59 Å². The van der Waals surface area contributed by atoms with E-state index >= 15 is 0 Å². The summed E-state index contributed by atoms with van der Waals surface area (Å²) in [5.41, 5.74) is 7.14. The van der Waals surface area contributed by atoms with Gasteiger partial charge in [-0.1, -0.05) is 59.3 Å². The van der Waals surface area contributed by atoms with Crippen LogP contribution in [-0.2, 0) is 0 Å². The molecule has 2 aromatic heterocycles. The molecular formula is C30H27N3O2S. The fourth-order valence-electron chi connectivity index (χ4n) is 4.47. The van der Waals surface area contributed by atoms with Crippen molar-refractivity contribution in [3.8, 4) is 11.4 Å². The van der Waals surface area contributed by atoms with Crippen LogP contribution in [0.2, 0.25) is 0 Å². The minimum Gasteiger partial charge on any atom is -0.318 e. The van der Waals surface area contributed by atoms with E-state index in [4.69, 9.17) is 4.98 Å². The van der Waals surface area contributed by atoms with Crippen LogP contribution in [0.4, 0.5) is 0 Å². The van der Waals surface area contributed by atoms with Crippen molar-refractivity contribution in [3.05, 3.63) is 117 Å². The van der Waals surface area contributed by atoms with Crippen molar-refractivity contribution in [2.75, 3.05) is 5.75 Å². The Morgan fingerprint density at radius 3 is 2.03 bits per heavy atom. The third-order valence-corrected chi connectivity index (χ3v) is 7.33. The standard InChI is InChI=1S/C30H27N3O2S/c1-19-9-13-23(14-10-19)32-21(3)17-26(22(32)4)28(34)18-36-30-31-27-8-6-5-7-25(27)29(35)33(30)24-15-11-20(2)12-16-24/h5-17H,18H2,1-4H3. The van der Waals surface area contributed by atoms with Crippen molar-refractivity contribution < 1.29 is 4.79 Å². The highest BCUT2D eigenvalue weighted by Crippen LogP contribution is 2.26. The molecule has 5 nitrogen and oxygen atoms in total. The summed E-state index contributed by atoms with van der Waals surface area (Å²) < 4.78 is 3.71. The minimum atomic E-state index is -0.142. The van der Waals surface area contributed by atoms with Gasteiger partial charge in [0.2, 0.25) is 0 Å². The number of benzene rings is 3. The summed E-state index contributed by atoms with van der Waals surface area (Å²) >= 11 is 1.29. The summed E-state index contributed by atoms with van der Waals surface area (Å²) in [6.07, 6.45) is 0. The number of nitrogens with zero attached hydrogens (tertiary/aromatic N) is 3. The Bertz CT molecular complexity index is 1650. The third kappa shape index (κ3) is 4.40. The number of aryl methyl sites for hydroxylation is 3. The molecule has 0 spiro atoms. The smallest absolute Gasteiger partial charge is 0.266 e. The number of hydrogen-bond donors (Lipinski definition) is 0. The Kier molecular flexibility index (Phi) is 6.37. The Hall–Kier alpha value is -3.90.